The van der Waals surface area contributed by atoms with Crippen molar-refractivity contribution in [3.63, 3.8) is 0 Å². The molecule has 2 atom stereocenters. The van der Waals surface area contributed by atoms with Crippen LogP contribution in [-0.2, 0) is 57.1 Å². The van der Waals surface area contributed by atoms with Gasteiger partial charge in [-0.1, -0.05) is 244 Å². The van der Waals surface area contributed by atoms with Gasteiger partial charge < -0.3 is 42.7 Å². The molecule has 0 spiro atoms. The van der Waals surface area contributed by atoms with Crippen molar-refractivity contribution in [2.45, 2.75) is 347 Å². The molecule has 0 amide bonds. The molecule has 2 unspecified atom stereocenters. The van der Waals surface area contributed by atoms with Crippen molar-refractivity contribution in [2.24, 2.45) is 11.8 Å². The molecule has 1 heterocycles. The van der Waals surface area contributed by atoms with Crippen molar-refractivity contribution in [1.82, 2.24) is 0 Å². The molecule has 0 aromatic heterocycles. The summed E-state index contributed by atoms with van der Waals surface area (Å²) in [7, 11) is 3.54. The van der Waals surface area contributed by atoms with E-state index in [0.717, 1.165) is 70.9 Å². The molecule has 1 aliphatic heterocycles. The first-order valence-electron chi connectivity index (χ1n) is 33.8. The maximum Gasteiger partial charge on any atom is 0.305 e. The van der Waals surface area contributed by atoms with Crippen LogP contribution in [0, 0.1) is 11.8 Å². The average Bonchev–Trinajstić information content (AvgIpc) is 3.47. The average molecular weight is 1180 g/mol. The molecule has 0 saturated carbocycles. The molecule has 12 heteroatoms. The van der Waals surface area contributed by atoms with E-state index in [1.54, 1.807) is 35.0 Å². The van der Waals surface area contributed by atoms with E-state index in [0.29, 0.717) is 70.4 Å². The minimum Gasteiger partial charge on any atom is -0.466 e. The van der Waals surface area contributed by atoms with Crippen molar-refractivity contribution in [1.29, 1.82) is 0 Å². The zero-order valence-corrected chi connectivity index (χ0v) is 57.5. The maximum absolute atomic E-state index is 11.2. The molecule has 1 rings (SSSR count). The monoisotopic (exact) mass is 1180 g/mol. The molecule has 82 heavy (non-hydrogen) atoms. The van der Waals surface area contributed by atoms with Crippen LogP contribution in [0.2, 0.25) is 0 Å². The highest BCUT2D eigenvalue weighted by Crippen LogP contribution is 2.19. The van der Waals surface area contributed by atoms with E-state index < -0.39 is 0 Å². The van der Waals surface area contributed by atoms with Crippen LogP contribution < -0.4 is 0 Å². The number of ketones is 1. The number of carbonyl (C=O) groups excluding carboxylic acids is 5. The highest BCUT2D eigenvalue weighted by molar-refractivity contribution is 5.75. The summed E-state index contributed by atoms with van der Waals surface area (Å²) in [5.41, 5.74) is 0. The number of carbonyl (C=O) groups is 5. The van der Waals surface area contributed by atoms with E-state index in [9.17, 15) is 24.0 Å². The smallest absolute Gasteiger partial charge is 0.305 e. The maximum atomic E-state index is 11.2. The Morgan fingerprint density at radius 3 is 1.10 bits per heavy atom. The Morgan fingerprint density at radius 1 is 0.512 bits per heavy atom. The van der Waals surface area contributed by atoms with Crippen LogP contribution in [0.5, 0.6) is 0 Å². The molecule has 0 aliphatic carbocycles. The zero-order valence-electron chi connectivity index (χ0n) is 57.5. The number of aldehydes is 1. The molecule has 1 fully saturated rings. The van der Waals surface area contributed by atoms with Crippen LogP contribution in [0.1, 0.15) is 335 Å². The van der Waals surface area contributed by atoms with Gasteiger partial charge in [0.1, 0.15) is 12.1 Å². The molecule has 0 aromatic carbocycles. The number of esters is 3. The summed E-state index contributed by atoms with van der Waals surface area (Å²) in [6.45, 7) is 35.8. The lowest BCUT2D eigenvalue weighted by Crippen LogP contribution is -2.30. The summed E-state index contributed by atoms with van der Waals surface area (Å²) < 4.78 is 36.5. The van der Waals surface area contributed by atoms with Gasteiger partial charge in [0.2, 0.25) is 0 Å². The SMILES string of the molecule is C=CCC.CC(=O)CC(C)C.CCC(=O)OCCC(CCOC(=O)CC)OC1CCCCO1.CCC(C)CC=O.CCCCCCCCC.CCCCCCCCOC.CCCCCCCCOC.CCCCCCCCOC(=O)CC. The van der Waals surface area contributed by atoms with E-state index >= 15 is 0 Å². The normalized spacial score (nSPS) is 12.3. The summed E-state index contributed by atoms with van der Waals surface area (Å²) >= 11 is 0. The van der Waals surface area contributed by atoms with Crippen LogP contribution in [0.4, 0.5) is 0 Å². The molecule has 12 nitrogen and oxygen atoms in total. The summed E-state index contributed by atoms with van der Waals surface area (Å²) in [6, 6.07) is 0. The first-order chi connectivity index (χ1) is 39.6. The predicted molar refractivity (Wildman–Crippen MR) is 350 cm³/mol. The van der Waals surface area contributed by atoms with Crippen molar-refractivity contribution in [3.8, 4) is 0 Å². The third kappa shape index (κ3) is 102. The molecule has 494 valence electrons. The topological polar surface area (TPSA) is 150 Å². The van der Waals surface area contributed by atoms with Gasteiger partial charge in [0.25, 0.3) is 0 Å². The van der Waals surface area contributed by atoms with Gasteiger partial charge in [-0.25, -0.2) is 0 Å². The molecule has 0 aromatic rings. The van der Waals surface area contributed by atoms with Gasteiger partial charge in [0, 0.05) is 79.0 Å². The van der Waals surface area contributed by atoms with Crippen LogP contribution in [0.15, 0.2) is 12.7 Å². The summed E-state index contributed by atoms with van der Waals surface area (Å²) in [4.78, 5) is 53.1. The van der Waals surface area contributed by atoms with Crippen LogP contribution >= 0.6 is 0 Å². The number of methoxy groups -OCH3 is 2. The minimum absolute atomic E-state index is 0.0754. The van der Waals surface area contributed by atoms with Gasteiger partial charge in [-0.2, -0.15) is 0 Å². The van der Waals surface area contributed by atoms with Crippen LogP contribution in [0.3, 0.4) is 0 Å². The largest absolute Gasteiger partial charge is 0.466 e. The van der Waals surface area contributed by atoms with E-state index in [1.165, 1.54) is 154 Å². The summed E-state index contributed by atoms with van der Waals surface area (Å²) in [5, 5.41) is 0. The van der Waals surface area contributed by atoms with Gasteiger partial charge in [0.15, 0.2) is 6.29 Å². The first kappa shape index (κ1) is 93.0. The van der Waals surface area contributed by atoms with Gasteiger partial charge in [-0.05, 0) is 63.7 Å². The number of unbranched alkanes of at least 4 members (excludes halogenated alkanes) is 21. The third-order valence-electron chi connectivity index (χ3n) is 12.8. The predicted octanol–water partition coefficient (Wildman–Crippen LogP) is 20.5. The number of rotatable bonds is 44. The van der Waals surface area contributed by atoms with Crippen molar-refractivity contribution in [3.05, 3.63) is 12.7 Å². The Hall–Kier alpha value is -2.67. The number of hydrogen-bond acceptors (Lipinski definition) is 12. The van der Waals surface area contributed by atoms with E-state index in [2.05, 4.69) is 62.0 Å². The first-order valence-corrected chi connectivity index (χ1v) is 33.8. The summed E-state index contributed by atoms with van der Waals surface area (Å²) in [5.74, 6) is 0.883. The van der Waals surface area contributed by atoms with Gasteiger partial charge in [-0.3, -0.25) is 14.4 Å². The molecule has 0 bridgehead atoms. The fraction of sp³-hybridized carbons (Fsp3) is 0.900. The number of ether oxygens (including phenoxy) is 7. The van der Waals surface area contributed by atoms with Crippen molar-refractivity contribution in [2.75, 3.05) is 53.9 Å². The lowest BCUT2D eigenvalue weighted by Gasteiger charge is -2.27. The van der Waals surface area contributed by atoms with Gasteiger partial charge >= 0.3 is 17.9 Å². The Labute approximate surface area is 510 Å². The molecule has 0 N–H and O–H groups in total. The Bertz CT molecular complexity index is 1160. The molecular formula is C70H142O12. The second-order valence-corrected chi connectivity index (χ2v) is 21.8. The van der Waals surface area contributed by atoms with Gasteiger partial charge in [-0.15, -0.1) is 6.58 Å². The number of allylic oxidation sites excluding steroid dienone is 1. The van der Waals surface area contributed by atoms with Crippen LogP contribution in [0.25, 0.3) is 0 Å². The second-order valence-electron chi connectivity index (χ2n) is 21.8. The minimum atomic E-state index is -0.218. The summed E-state index contributed by atoms with van der Waals surface area (Å²) in [6.07, 6.45) is 45.1. The third-order valence-corrected chi connectivity index (χ3v) is 12.8. The zero-order chi connectivity index (χ0) is 63.4. The van der Waals surface area contributed by atoms with E-state index in [1.807, 2.05) is 26.8 Å². The van der Waals surface area contributed by atoms with E-state index in [-0.39, 0.29) is 36.1 Å². The lowest BCUT2D eigenvalue weighted by molar-refractivity contribution is -0.194. The Morgan fingerprint density at radius 2 is 0.854 bits per heavy atom. The highest BCUT2D eigenvalue weighted by Gasteiger charge is 2.21. The lowest BCUT2D eigenvalue weighted by atomic mass is 10.1. The fourth-order valence-corrected chi connectivity index (χ4v) is 7.29. The van der Waals surface area contributed by atoms with Gasteiger partial charge in [0.05, 0.1) is 25.9 Å². The van der Waals surface area contributed by atoms with Crippen molar-refractivity contribution >= 4 is 30.0 Å². The van der Waals surface area contributed by atoms with Crippen molar-refractivity contribution < 1.29 is 57.1 Å². The number of Topliss-reactive ketones (excluding diaryl/α,β-unsaturated/α-hetero) is 1. The standard InChI is InChI=1S/C16H28O6.C11H22O2.2C9H20O.C9H20.2C6H12O.C4H8/c1-3-14(17)19-11-8-13(9-12-20-15(18)4-2)22-16-7-5-6-10-21-16;1-3-5-6-7-8-9-10-13-11(12)4-2;2*1-3-4-5-6-7-8-9-10-2;1-3-5-7-9-8-6-4-2;1-5(2)4-6(3)7;1-3-6(2)4-5-7;1-3-4-2/h13,16H,3-12H2,1-2H3;3-10H2,1-2H3;2*3-9H2,1-2H3;3-9H2,1-2H3;5H,4H2,1-3H3;5-6H,3-4H2,1-2H3;3H,1,4H2,2H3. The second kappa shape index (κ2) is 87.1. The molecule has 1 saturated heterocycles. The van der Waals surface area contributed by atoms with Crippen LogP contribution in [-0.4, -0.2) is 96.2 Å². The molecular weight excluding hydrogens is 1030 g/mol. The highest BCUT2D eigenvalue weighted by atomic mass is 16.7. The quantitative estimate of drug-likeness (QED) is 0.0188. The Balaban J connectivity index is -0.000000165. The fourth-order valence-electron chi connectivity index (χ4n) is 7.29. The van der Waals surface area contributed by atoms with E-state index in [4.69, 9.17) is 33.2 Å². The molecule has 0 radical (unpaired) electrons. The molecule has 1 aliphatic rings. The number of hydrogen-bond donors (Lipinski definition) is 0. The Kier molecular flexibility index (Phi) is 98.8.